The van der Waals surface area contributed by atoms with E-state index in [0.29, 0.717) is 6.54 Å². The molecule has 2 N–H and O–H groups in total. The zero-order chi connectivity index (χ0) is 14.2. The van der Waals surface area contributed by atoms with Crippen LogP contribution in [0, 0.1) is 11.8 Å². The van der Waals surface area contributed by atoms with Gasteiger partial charge in [0.25, 0.3) is 0 Å². The highest BCUT2D eigenvalue weighted by molar-refractivity contribution is 5.92. The van der Waals surface area contributed by atoms with Crippen LogP contribution in [0.5, 0.6) is 0 Å². The summed E-state index contributed by atoms with van der Waals surface area (Å²) in [6.45, 7) is 3.70. The van der Waals surface area contributed by atoms with Crippen molar-refractivity contribution in [2.24, 2.45) is 11.8 Å². The molecule has 1 aromatic carbocycles. The Balaban J connectivity index is 1.56. The van der Waals surface area contributed by atoms with Crippen LogP contribution < -0.4 is 10.6 Å². The van der Waals surface area contributed by atoms with Crippen LogP contribution in [0.2, 0.25) is 0 Å². The average Bonchev–Trinajstić information content (AvgIpc) is 2.46. The largest absolute Gasteiger partial charge is 0.325 e. The van der Waals surface area contributed by atoms with E-state index in [1.54, 1.807) is 0 Å². The minimum Gasteiger partial charge on any atom is -0.325 e. The summed E-state index contributed by atoms with van der Waals surface area (Å²) in [7, 11) is 0. The summed E-state index contributed by atoms with van der Waals surface area (Å²) < 4.78 is 0. The summed E-state index contributed by atoms with van der Waals surface area (Å²) in [5.74, 6) is 1.81. The summed E-state index contributed by atoms with van der Waals surface area (Å²) in [4.78, 5) is 11.7. The van der Waals surface area contributed by atoms with Crippen LogP contribution in [-0.2, 0) is 4.79 Å². The number of anilines is 1. The summed E-state index contributed by atoms with van der Waals surface area (Å²) in [6, 6.07) is 9.60. The number of para-hydroxylation sites is 1. The molecular weight excluding hydrogens is 248 g/mol. The Hall–Kier alpha value is -1.35. The van der Waals surface area contributed by atoms with Crippen LogP contribution in [0.15, 0.2) is 30.3 Å². The van der Waals surface area contributed by atoms with E-state index in [4.69, 9.17) is 0 Å². The molecule has 1 amide bonds. The number of nitrogens with one attached hydrogen (secondary N) is 2. The first-order valence-electron chi connectivity index (χ1n) is 7.79. The fourth-order valence-electron chi connectivity index (χ4n) is 2.85. The monoisotopic (exact) mass is 274 g/mol. The van der Waals surface area contributed by atoms with E-state index in [2.05, 4.69) is 17.6 Å². The van der Waals surface area contributed by atoms with Gasteiger partial charge in [-0.1, -0.05) is 50.8 Å². The van der Waals surface area contributed by atoms with Crippen LogP contribution in [0.3, 0.4) is 0 Å². The highest BCUT2D eigenvalue weighted by Gasteiger charge is 2.17. The van der Waals surface area contributed by atoms with Gasteiger partial charge in [0.15, 0.2) is 0 Å². The molecule has 1 aliphatic carbocycles. The fourth-order valence-corrected chi connectivity index (χ4v) is 2.85. The van der Waals surface area contributed by atoms with Crippen molar-refractivity contribution in [3.05, 3.63) is 30.3 Å². The van der Waals surface area contributed by atoms with Gasteiger partial charge >= 0.3 is 0 Å². The number of amides is 1. The third-order valence-electron chi connectivity index (χ3n) is 4.21. The minimum absolute atomic E-state index is 0.0356. The van der Waals surface area contributed by atoms with E-state index in [-0.39, 0.29) is 5.91 Å². The Bertz CT molecular complexity index is 397. The Kier molecular flexibility index (Phi) is 6.06. The van der Waals surface area contributed by atoms with Crippen LogP contribution >= 0.6 is 0 Å². The number of benzene rings is 1. The van der Waals surface area contributed by atoms with Gasteiger partial charge in [0, 0.05) is 5.69 Å². The summed E-state index contributed by atoms with van der Waals surface area (Å²) in [5.41, 5.74) is 0.862. The van der Waals surface area contributed by atoms with E-state index < -0.39 is 0 Å². The Morgan fingerprint density at radius 1 is 1.15 bits per heavy atom. The minimum atomic E-state index is 0.0356. The van der Waals surface area contributed by atoms with Gasteiger partial charge in [-0.2, -0.15) is 0 Å². The van der Waals surface area contributed by atoms with Crippen molar-refractivity contribution in [3.63, 3.8) is 0 Å². The molecule has 0 heterocycles. The fraction of sp³-hybridized carbons (Fsp3) is 0.588. The maximum atomic E-state index is 11.7. The Morgan fingerprint density at radius 3 is 2.55 bits per heavy atom. The molecule has 1 fully saturated rings. The number of rotatable bonds is 6. The third-order valence-corrected chi connectivity index (χ3v) is 4.21. The van der Waals surface area contributed by atoms with Crippen LogP contribution in [0.4, 0.5) is 5.69 Å². The number of carbonyl (C=O) groups excluding carboxylic acids is 1. The lowest BCUT2D eigenvalue weighted by molar-refractivity contribution is -0.115. The molecule has 0 aromatic heterocycles. The molecule has 0 atom stereocenters. The molecule has 0 unspecified atom stereocenters. The van der Waals surface area contributed by atoms with Crippen molar-refractivity contribution in [1.29, 1.82) is 0 Å². The van der Waals surface area contributed by atoms with Crippen molar-refractivity contribution in [1.82, 2.24) is 5.32 Å². The molecule has 110 valence electrons. The highest BCUT2D eigenvalue weighted by Crippen LogP contribution is 2.29. The molecule has 3 heteroatoms. The van der Waals surface area contributed by atoms with Gasteiger partial charge in [-0.3, -0.25) is 4.79 Å². The lowest BCUT2D eigenvalue weighted by Gasteiger charge is -2.26. The predicted octanol–water partition coefficient (Wildman–Crippen LogP) is 3.43. The van der Waals surface area contributed by atoms with E-state index in [0.717, 1.165) is 24.1 Å². The Morgan fingerprint density at radius 2 is 1.85 bits per heavy atom. The van der Waals surface area contributed by atoms with Crippen molar-refractivity contribution in [3.8, 4) is 0 Å². The summed E-state index contributed by atoms with van der Waals surface area (Å²) in [6.07, 6.45) is 6.67. The van der Waals surface area contributed by atoms with Crippen LogP contribution in [0.1, 0.15) is 39.0 Å². The zero-order valence-electron chi connectivity index (χ0n) is 12.4. The number of hydrogen-bond donors (Lipinski definition) is 2. The van der Waals surface area contributed by atoms with Crippen molar-refractivity contribution < 1.29 is 4.79 Å². The highest BCUT2D eigenvalue weighted by atomic mass is 16.1. The maximum Gasteiger partial charge on any atom is 0.238 e. The van der Waals surface area contributed by atoms with E-state index in [1.807, 2.05) is 30.3 Å². The van der Waals surface area contributed by atoms with Gasteiger partial charge in [0.2, 0.25) is 5.91 Å². The van der Waals surface area contributed by atoms with Crippen molar-refractivity contribution in [2.45, 2.75) is 39.0 Å². The molecule has 0 saturated heterocycles. The third kappa shape index (κ3) is 5.33. The second kappa shape index (κ2) is 8.05. The Labute approximate surface area is 122 Å². The normalized spacial score (nSPS) is 22.4. The van der Waals surface area contributed by atoms with Gasteiger partial charge < -0.3 is 10.6 Å². The van der Waals surface area contributed by atoms with Gasteiger partial charge in [-0.15, -0.1) is 0 Å². The molecule has 1 saturated carbocycles. The second-order valence-electron chi connectivity index (χ2n) is 6.01. The van der Waals surface area contributed by atoms with Gasteiger partial charge in [-0.25, -0.2) is 0 Å². The molecule has 0 bridgehead atoms. The smallest absolute Gasteiger partial charge is 0.238 e. The molecule has 0 radical (unpaired) electrons. The molecule has 3 nitrogen and oxygen atoms in total. The molecule has 0 aliphatic heterocycles. The van der Waals surface area contributed by atoms with E-state index >= 15 is 0 Å². The molecule has 1 aromatic rings. The summed E-state index contributed by atoms with van der Waals surface area (Å²) >= 11 is 0. The first-order valence-corrected chi connectivity index (χ1v) is 7.79. The second-order valence-corrected chi connectivity index (χ2v) is 6.01. The van der Waals surface area contributed by atoms with E-state index in [1.165, 1.54) is 32.1 Å². The van der Waals surface area contributed by atoms with Crippen molar-refractivity contribution in [2.75, 3.05) is 18.4 Å². The SMILES string of the molecule is CC1CCC(CCNCC(=O)Nc2ccccc2)CC1. The predicted molar refractivity (Wildman–Crippen MR) is 83.7 cm³/mol. The maximum absolute atomic E-state index is 11.7. The molecular formula is C17H26N2O. The average molecular weight is 274 g/mol. The van der Waals surface area contributed by atoms with Gasteiger partial charge in [-0.05, 0) is 36.9 Å². The molecule has 2 rings (SSSR count). The molecule has 0 spiro atoms. The number of carbonyl (C=O) groups is 1. The lowest BCUT2D eigenvalue weighted by atomic mass is 9.81. The van der Waals surface area contributed by atoms with Gasteiger partial charge in [0.05, 0.1) is 6.54 Å². The number of hydrogen-bond acceptors (Lipinski definition) is 2. The zero-order valence-corrected chi connectivity index (χ0v) is 12.4. The van der Waals surface area contributed by atoms with Crippen LogP contribution in [0.25, 0.3) is 0 Å². The molecule has 20 heavy (non-hydrogen) atoms. The molecule has 1 aliphatic rings. The van der Waals surface area contributed by atoms with Crippen molar-refractivity contribution >= 4 is 11.6 Å². The van der Waals surface area contributed by atoms with Crippen LogP contribution in [-0.4, -0.2) is 19.0 Å². The van der Waals surface area contributed by atoms with Gasteiger partial charge in [0.1, 0.15) is 0 Å². The summed E-state index contributed by atoms with van der Waals surface area (Å²) in [5, 5.41) is 6.14. The first-order chi connectivity index (χ1) is 9.74. The standard InChI is InChI=1S/C17H26N2O/c1-14-7-9-15(10-8-14)11-12-18-13-17(20)19-16-5-3-2-4-6-16/h2-6,14-15,18H,7-13H2,1H3,(H,19,20). The first kappa shape index (κ1) is 15.0. The topological polar surface area (TPSA) is 41.1 Å². The van der Waals surface area contributed by atoms with E-state index in [9.17, 15) is 4.79 Å². The quantitative estimate of drug-likeness (QED) is 0.780. The lowest BCUT2D eigenvalue weighted by Crippen LogP contribution is -2.30.